The van der Waals surface area contributed by atoms with Crippen LogP contribution < -0.4 is 5.32 Å². The minimum Gasteiger partial charge on any atom is -0.480 e. The molecule has 1 aliphatic heterocycles. The van der Waals surface area contributed by atoms with Crippen molar-refractivity contribution in [3.05, 3.63) is 59.7 Å². The standard InChI is InChI=1S/C24H26N2O5/c1-14-11-12-26(21(14)23(28)29)22(27)15(2)25-24(30)31-13-20-18-9-5-3-7-16(18)17-8-4-6-10-19(17)20/h3-10,14-15,20-21H,11-13H2,1-2H3,(H,25,30)(H,28,29). The normalized spacial score (nSPS) is 20.6. The molecule has 2 aromatic carbocycles. The number of ether oxygens (including phenoxy) is 1. The van der Waals surface area contributed by atoms with Gasteiger partial charge in [0.2, 0.25) is 5.91 Å². The van der Waals surface area contributed by atoms with E-state index in [2.05, 4.69) is 17.4 Å². The number of carbonyl (C=O) groups is 3. The Morgan fingerprint density at radius 1 is 1.10 bits per heavy atom. The fraction of sp³-hybridized carbons (Fsp3) is 0.375. The van der Waals surface area contributed by atoms with Crippen LogP contribution >= 0.6 is 0 Å². The summed E-state index contributed by atoms with van der Waals surface area (Å²) >= 11 is 0. The van der Waals surface area contributed by atoms with Crippen LogP contribution in [0.4, 0.5) is 4.79 Å². The van der Waals surface area contributed by atoms with Crippen molar-refractivity contribution in [3.63, 3.8) is 0 Å². The summed E-state index contributed by atoms with van der Waals surface area (Å²) in [6.07, 6.45) is -0.0674. The van der Waals surface area contributed by atoms with Crippen molar-refractivity contribution in [3.8, 4) is 11.1 Å². The number of alkyl carbamates (subject to hydrolysis) is 1. The summed E-state index contributed by atoms with van der Waals surface area (Å²) in [6, 6.07) is 14.4. The first-order valence-corrected chi connectivity index (χ1v) is 10.5. The highest BCUT2D eigenvalue weighted by atomic mass is 16.5. The molecule has 3 atom stereocenters. The van der Waals surface area contributed by atoms with Gasteiger partial charge < -0.3 is 20.1 Å². The number of nitrogens with zero attached hydrogens (tertiary/aromatic N) is 1. The van der Waals surface area contributed by atoms with E-state index in [1.54, 1.807) is 6.92 Å². The van der Waals surface area contributed by atoms with E-state index in [1.165, 1.54) is 4.90 Å². The van der Waals surface area contributed by atoms with Gasteiger partial charge in [-0.25, -0.2) is 9.59 Å². The molecular weight excluding hydrogens is 396 g/mol. The Hall–Kier alpha value is -3.35. The highest BCUT2D eigenvalue weighted by Gasteiger charge is 2.41. The number of hydrogen-bond donors (Lipinski definition) is 2. The van der Waals surface area contributed by atoms with Gasteiger partial charge in [0.15, 0.2) is 0 Å². The van der Waals surface area contributed by atoms with Crippen molar-refractivity contribution in [2.24, 2.45) is 5.92 Å². The summed E-state index contributed by atoms with van der Waals surface area (Å²) in [7, 11) is 0. The third kappa shape index (κ3) is 3.87. The van der Waals surface area contributed by atoms with Crippen molar-refractivity contribution < 1.29 is 24.2 Å². The Morgan fingerprint density at radius 3 is 2.26 bits per heavy atom. The van der Waals surface area contributed by atoms with Crippen LogP contribution in [0.2, 0.25) is 0 Å². The average Bonchev–Trinajstić information content (AvgIpc) is 3.30. The number of carboxylic acid groups (broad SMARTS) is 1. The molecule has 7 nitrogen and oxygen atoms in total. The lowest BCUT2D eigenvalue weighted by Gasteiger charge is -2.26. The molecule has 2 aliphatic rings. The van der Waals surface area contributed by atoms with Crippen LogP contribution in [-0.2, 0) is 14.3 Å². The second-order valence-corrected chi connectivity index (χ2v) is 8.27. The van der Waals surface area contributed by atoms with Crippen molar-refractivity contribution in [1.82, 2.24) is 10.2 Å². The lowest BCUT2D eigenvalue weighted by molar-refractivity contribution is -0.150. The lowest BCUT2D eigenvalue weighted by atomic mass is 9.98. The first-order valence-electron chi connectivity index (χ1n) is 10.5. The number of benzene rings is 2. The molecule has 0 aromatic heterocycles. The maximum Gasteiger partial charge on any atom is 0.407 e. The molecule has 1 saturated heterocycles. The minimum atomic E-state index is -1.02. The zero-order valence-corrected chi connectivity index (χ0v) is 17.6. The maximum atomic E-state index is 12.7. The zero-order chi connectivity index (χ0) is 22.1. The first-order chi connectivity index (χ1) is 14.9. The van der Waals surface area contributed by atoms with Gasteiger partial charge in [-0.15, -0.1) is 0 Å². The topological polar surface area (TPSA) is 95.9 Å². The Labute approximate surface area is 181 Å². The summed E-state index contributed by atoms with van der Waals surface area (Å²) in [5.41, 5.74) is 4.49. The van der Waals surface area contributed by atoms with E-state index in [1.807, 2.05) is 43.3 Å². The average molecular weight is 422 g/mol. The molecule has 1 aliphatic carbocycles. The number of likely N-dealkylation sites (tertiary alicyclic amines) is 1. The van der Waals surface area contributed by atoms with E-state index in [0.717, 1.165) is 22.3 Å². The number of rotatable bonds is 5. The van der Waals surface area contributed by atoms with Gasteiger partial charge in [0.25, 0.3) is 0 Å². The maximum absolute atomic E-state index is 12.7. The van der Waals surface area contributed by atoms with E-state index < -0.39 is 30.1 Å². The predicted octanol–water partition coefficient (Wildman–Crippen LogP) is 3.24. The molecule has 2 amide bonds. The van der Waals surface area contributed by atoms with E-state index in [9.17, 15) is 19.5 Å². The number of carboxylic acids is 1. The van der Waals surface area contributed by atoms with Crippen molar-refractivity contribution >= 4 is 18.0 Å². The van der Waals surface area contributed by atoms with Gasteiger partial charge in [-0.1, -0.05) is 55.5 Å². The molecule has 162 valence electrons. The second kappa shape index (κ2) is 8.41. The third-order valence-electron chi connectivity index (χ3n) is 6.28. The van der Waals surface area contributed by atoms with Gasteiger partial charge in [0.05, 0.1) is 0 Å². The van der Waals surface area contributed by atoms with Gasteiger partial charge in [-0.2, -0.15) is 0 Å². The molecule has 0 saturated carbocycles. The van der Waals surface area contributed by atoms with Crippen LogP contribution in [0.25, 0.3) is 11.1 Å². The third-order valence-corrected chi connectivity index (χ3v) is 6.28. The molecule has 0 bridgehead atoms. The zero-order valence-electron chi connectivity index (χ0n) is 17.6. The number of nitrogens with one attached hydrogen (secondary N) is 1. The monoisotopic (exact) mass is 422 g/mol. The van der Waals surface area contributed by atoms with E-state index in [-0.39, 0.29) is 18.4 Å². The van der Waals surface area contributed by atoms with Crippen molar-refractivity contribution in [2.75, 3.05) is 13.2 Å². The first kappa shape index (κ1) is 20.9. The van der Waals surface area contributed by atoms with Crippen LogP contribution in [0.1, 0.15) is 37.3 Å². The van der Waals surface area contributed by atoms with Crippen LogP contribution in [0.15, 0.2) is 48.5 Å². The molecule has 4 rings (SSSR count). The molecule has 2 aromatic rings. The number of aliphatic carboxylic acids is 1. The van der Waals surface area contributed by atoms with Gasteiger partial charge in [0.1, 0.15) is 18.7 Å². The van der Waals surface area contributed by atoms with Crippen LogP contribution in [0.5, 0.6) is 0 Å². The Balaban J connectivity index is 1.39. The molecule has 0 radical (unpaired) electrons. The number of fused-ring (bicyclic) bond motifs is 3. The fourth-order valence-electron chi connectivity index (χ4n) is 4.70. The van der Waals surface area contributed by atoms with Crippen LogP contribution in [-0.4, -0.2) is 53.2 Å². The number of amides is 2. The van der Waals surface area contributed by atoms with Crippen LogP contribution in [0, 0.1) is 5.92 Å². The Morgan fingerprint density at radius 2 is 1.68 bits per heavy atom. The van der Waals surface area contributed by atoms with Gasteiger partial charge in [-0.05, 0) is 41.5 Å². The summed E-state index contributed by atoms with van der Waals surface area (Å²) < 4.78 is 5.48. The summed E-state index contributed by atoms with van der Waals surface area (Å²) in [5, 5.41) is 12.0. The van der Waals surface area contributed by atoms with Gasteiger partial charge >= 0.3 is 12.1 Å². The molecule has 3 unspecified atom stereocenters. The molecule has 1 fully saturated rings. The largest absolute Gasteiger partial charge is 0.480 e. The van der Waals surface area contributed by atoms with E-state index in [4.69, 9.17) is 4.74 Å². The molecule has 7 heteroatoms. The summed E-state index contributed by atoms with van der Waals surface area (Å²) in [4.78, 5) is 38.0. The van der Waals surface area contributed by atoms with E-state index in [0.29, 0.717) is 13.0 Å². The Bertz CT molecular complexity index is 975. The summed E-state index contributed by atoms with van der Waals surface area (Å²) in [6.45, 7) is 3.88. The van der Waals surface area contributed by atoms with Crippen molar-refractivity contribution in [2.45, 2.75) is 38.3 Å². The lowest BCUT2D eigenvalue weighted by Crippen LogP contribution is -2.51. The quantitative estimate of drug-likeness (QED) is 0.771. The van der Waals surface area contributed by atoms with Crippen LogP contribution in [0.3, 0.4) is 0 Å². The number of hydrogen-bond acceptors (Lipinski definition) is 4. The van der Waals surface area contributed by atoms with Crippen molar-refractivity contribution in [1.29, 1.82) is 0 Å². The summed E-state index contributed by atoms with van der Waals surface area (Å²) in [5.74, 6) is -1.62. The molecular formula is C24H26N2O5. The minimum absolute atomic E-state index is 0.0695. The highest BCUT2D eigenvalue weighted by molar-refractivity contribution is 5.89. The molecule has 1 heterocycles. The fourth-order valence-corrected chi connectivity index (χ4v) is 4.70. The predicted molar refractivity (Wildman–Crippen MR) is 115 cm³/mol. The van der Waals surface area contributed by atoms with Gasteiger partial charge in [-0.3, -0.25) is 4.79 Å². The van der Waals surface area contributed by atoms with Gasteiger partial charge in [0, 0.05) is 12.5 Å². The highest BCUT2D eigenvalue weighted by Crippen LogP contribution is 2.44. The van der Waals surface area contributed by atoms with E-state index >= 15 is 0 Å². The SMILES string of the molecule is CC(NC(=O)OCC1c2ccccc2-c2ccccc21)C(=O)N1CCC(C)C1C(=O)O. The smallest absolute Gasteiger partial charge is 0.407 e. The molecule has 0 spiro atoms. The molecule has 2 N–H and O–H groups in total. The molecule has 31 heavy (non-hydrogen) atoms. The Kier molecular flexibility index (Phi) is 5.67. The second-order valence-electron chi connectivity index (χ2n) is 8.27. The number of carbonyl (C=O) groups excluding carboxylic acids is 2.